The largest absolute Gasteiger partial charge is 0.507 e. The molecule has 4 nitrogen and oxygen atoms in total. The smallest absolute Gasteiger partial charge is 0.125 e. The van der Waals surface area contributed by atoms with Gasteiger partial charge in [0, 0.05) is 53.4 Å². The van der Waals surface area contributed by atoms with E-state index in [0.717, 1.165) is 43.4 Å². The summed E-state index contributed by atoms with van der Waals surface area (Å²) >= 11 is 0. The van der Waals surface area contributed by atoms with Gasteiger partial charge in [-0.25, -0.2) is 0 Å². The monoisotopic (exact) mass is 454 g/mol. The maximum Gasteiger partial charge on any atom is 0.125 e. The van der Waals surface area contributed by atoms with E-state index in [-0.39, 0.29) is 31.0 Å². The first-order chi connectivity index (χ1) is 14.7. The molecule has 6 rings (SSSR count). The van der Waals surface area contributed by atoms with Crippen LogP contribution in [0.5, 0.6) is 11.5 Å². The van der Waals surface area contributed by atoms with E-state index in [4.69, 9.17) is 0 Å². The molecule has 0 unspecified atom stereocenters. The molecular formula is C26H18N2O2Zn. The third kappa shape index (κ3) is 3.80. The average Bonchev–Trinajstić information content (AvgIpc) is 2.79. The molecule has 0 bridgehead atoms. The van der Waals surface area contributed by atoms with Crippen LogP contribution in [0.25, 0.3) is 43.4 Å². The number of aromatic nitrogens is 2. The van der Waals surface area contributed by atoms with E-state index in [0.29, 0.717) is 0 Å². The molecular weight excluding hydrogens is 438 g/mol. The van der Waals surface area contributed by atoms with E-state index in [1.54, 1.807) is 24.5 Å². The summed E-state index contributed by atoms with van der Waals surface area (Å²) in [6.45, 7) is 0. The van der Waals surface area contributed by atoms with Gasteiger partial charge in [-0.3, -0.25) is 9.97 Å². The summed E-state index contributed by atoms with van der Waals surface area (Å²) in [7, 11) is 0. The minimum Gasteiger partial charge on any atom is -0.507 e. The second-order valence-corrected chi connectivity index (χ2v) is 7.03. The van der Waals surface area contributed by atoms with E-state index in [1.807, 2.05) is 72.8 Å². The van der Waals surface area contributed by atoms with Crippen LogP contribution >= 0.6 is 0 Å². The van der Waals surface area contributed by atoms with Gasteiger partial charge in [-0.05, 0) is 35.0 Å². The zero-order chi connectivity index (χ0) is 20.5. The second kappa shape index (κ2) is 8.67. The molecule has 0 radical (unpaired) electrons. The Morgan fingerprint density at radius 2 is 0.839 bits per heavy atom. The number of hydrogen-bond acceptors (Lipinski definition) is 4. The van der Waals surface area contributed by atoms with Gasteiger partial charge in [0.1, 0.15) is 11.5 Å². The van der Waals surface area contributed by atoms with E-state index in [1.165, 1.54) is 0 Å². The summed E-state index contributed by atoms with van der Waals surface area (Å²) in [6.07, 6.45) is 3.49. The number of pyridine rings is 2. The first-order valence-electron chi connectivity index (χ1n) is 9.63. The maximum absolute atomic E-state index is 9.83. The molecule has 0 fully saturated rings. The molecule has 0 aliphatic carbocycles. The topological polar surface area (TPSA) is 66.2 Å². The Balaban J connectivity index is 0.000000144. The Kier molecular flexibility index (Phi) is 5.79. The fraction of sp³-hybridized carbons (Fsp3) is 0. The molecule has 0 saturated carbocycles. The van der Waals surface area contributed by atoms with Crippen LogP contribution in [-0.2, 0) is 19.5 Å². The van der Waals surface area contributed by atoms with Crippen LogP contribution in [0.15, 0.2) is 97.3 Å². The van der Waals surface area contributed by atoms with E-state index in [9.17, 15) is 10.2 Å². The summed E-state index contributed by atoms with van der Waals surface area (Å²) in [6, 6.07) is 26.8. The van der Waals surface area contributed by atoms with Crippen molar-refractivity contribution < 1.29 is 29.7 Å². The Bertz CT molecular complexity index is 1420. The molecule has 2 N–H and O–H groups in total. The SMILES string of the molecule is Oc1cccc2ccc3cccnc3c12.Oc1cccc2ccc3cccnc3c12.[Zn]. The van der Waals surface area contributed by atoms with Crippen LogP contribution in [-0.4, -0.2) is 20.2 Å². The van der Waals surface area contributed by atoms with Crippen molar-refractivity contribution in [1.82, 2.24) is 9.97 Å². The second-order valence-electron chi connectivity index (χ2n) is 7.03. The molecule has 0 atom stereocenters. The van der Waals surface area contributed by atoms with Crippen molar-refractivity contribution >= 4 is 43.4 Å². The maximum atomic E-state index is 9.83. The van der Waals surface area contributed by atoms with Crippen LogP contribution < -0.4 is 0 Å². The first-order valence-corrected chi connectivity index (χ1v) is 9.63. The molecule has 0 spiro atoms. The summed E-state index contributed by atoms with van der Waals surface area (Å²) in [5, 5.41) is 25.4. The van der Waals surface area contributed by atoms with Crippen molar-refractivity contribution in [3.8, 4) is 11.5 Å². The van der Waals surface area contributed by atoms with Gasteiger partial charge >= 0.3 is 0 Å². The van der Waals surface area contributed by atoms with Gasteiger partial charge in [-0.1, -0.05) is 60.7 Å². The molecule has 146 valence electrons. The first kappa shape index (κ1) is 20.7. The summed E-state index contributed by atoms with van der Waals surface area (Å²) in [5.41, 5.74) is 1.71. The van der Waals surface area contributed by atoms with Gasteiger partial charge in [-0.15, -0.1) is 0 Å². The number of fused-ring (bicyclic) bond motifs is 6. The third-order valence-corrected chi connectivity index (χ3v) is 5.19. The summed E-state index contributed by atoms with van der Waals surface area (Å²) in [4.78, 5) is 8.62. The van der Waals surface area contributed by atoms with Gasteiger partial charge in [0.25, 0.3) is 0 Å². The zero-order valence-electron chi connectivity index (χ0n) is 16.7. The van der Waals surface area contributed by atoms with Gasteiger partial charge in [0.05, 0.1) is 11.0 Å². The Labute approximate surface area is 191 Å². The van der Waals surface area contributed by atoms with Gasteiger partial charge in [0.15, 0.2) is 0 Å². The zero-order valence-corrected chi connectivity index (χ0v) is 19.7. The number of phenolic OH excluding ortho intramolecular Hbond substituents is 2. The van der Waals surface area contributed by atoms with Crippen molar-refractivity contribution in [3.63, 3.8) is 0 Å². The van der Waals surface area contributed by atoms with Gasteiger partial charge in [-0.2, -0.15) is 0 Å². The molecule has 0 saturated heterocycles. The number of benzene rings is 4. The van der Waals surface area contributed by atoms with Crippen LogP contribution in [0.3, 0.4) is 0 Å². The predicted octanol–water partition coefficient (Wildman–Crippen LogP) is 6.18. The predicted molar refractivity (Wildman–Crippen MR) is 122 cm³/mol. The quantitative estimate of drug-likeness (QED) is 0.212. The van der Waals surface area contributed by atoms with E-state index >= 15 is 0 Å². The van der Waals surface area contributed by atoms with Crippen LogP contribution in [0.2, 0.25) is 0 Å². The molecule has 4 aromatic carbocycles. The van der Waals surface area contributed by atoms with Gasteiger partial charge in [0.2, 0.25) is 0 Å². The van der Waals surface area contributed by atoms with Crippen molar-refractivity contribution in [2.45, 2.75) is 0 Å². The number of rotatable bonds is 0. The van der Waals surface area contributed by atoms with E-state index < -0.39 is 0 Å². The minimum atomic E-state index is 0. The van der Waals surface area contributed by atoms with Crippen molar-refractivity contribution in [2.24, 2.45) is 0 Å². The third-order valence-electron chi connectivity index (χ3n) is 5.19. The summed E-state index contributed by atoms with van der Waals surface area (Å²) < 4.78 is 0. The Morgan fingerprint density at radius 1 is 0.452 bits per heavy atom. The molecule has 2 heterocycles. The van der Waals surface area contributed by atoms with Gasteiger partial charge < -0.3 is 10.2 Å². The number of aromatic hydroxyl groups is 2. The number of hydrogen-bond donors (Lipinski definition) is 2. The Hall–Kier alpha value is -3.56. The molecule has 0 aliphatic rings. The van der Waals surface area contributed by atoms with Crippen molar-refractivity contribution in [1.29, 1.82) is 0 Å². The average molecular weight is 456 g/mol. The Morgan fingerprint density at radius 3 is 1.29 bits per heavy atom. The number of phenols is 2. The molecule has 6 aromatic rings. The molecule has 2 aromatic heterocycles. The van der Waals surface area contributed by atoms with Crippen LogP contribution in [0.4, 0.5) is 0 Å². The molecule has 0 amide bonds. The minimum absolute atomic E-state index is 0. The molecule has 5 heteroatoms. The van der Waals surface area contributed by atoms with Crippen LogP contribution in [0, 0.1) is 0 Å². The van der Waals surface area contributed by atoms with Crippen LogP contribution in [0.1, 0.15) is 0 Å². The number of nitrogens with zero attached hydrogens (tertiary/aromatic N) is 2. The van der Waals surface area contributed by atoms with Crippen molar-refractivity contribution in [2.75, 3.05) is 0 Å². The fourth-order valence-electron chi connectivity index (χ4n) is 3.79. The standard InChI is InChI=1S/2C13H9NO.Zn/c2*15-11-5-1-3-9-6-7-10-4-2-8-14-13(10)12(9)11;/h2*1-8,15H;. The normalized spacial score (nSPS) is 10.6. The molecule has 0 aliphatic heterocycles. The molecule has 31 heavy (non-hydrogen) atoms. The fourth-order valence-corrected chi connectivity index (χ4v) is 3.79. The van der Waals surface area contributed by atoms with Crippen molar-refractivity contribution in [3.05, 3.63) is 97.3 Å². The van der Waals surface area contributed by atoms with E-state index in [2.05, 4.69) is 9.97 Å². The summed E-state index contributed by atoms with van der Waals surface area (Å²) in [5.74, 6) is 0.577.